The number of nitrogens with one attached hydrogen (secondary N) is 1. The van der Waals surface area contributed by atoms with Crippen molar-refractivity contribution in [2.75, 3.05) is 5.32 Å². The Bertz CT molecular complexity index is 667. The lowest BCUT2D eigenvalue weighted by Crippen LogP contribution is -2.14. The number of amides is 1. The molecule has 2 aromatic carbocycles. The summed E-state index contributed by atoms with van der Waals surface area (Å²) >= 11 is 0. The van der Waals surface area contributed by atoms with Crippen molar-refractivity contribution in [2.24, 2.45) is 0 Å². The van der Waals surface area contributed by atoms with Crippen molar-refractivity contribution in [3.8, 4) is 5.75 Å². The summed E-state index contributed by atoms with van der Waals surface area (Å²) in [6.45, 7) is 10.00. The monoisotopic (exact) mass is 297 g/mol. The number of hydrogen-bond donors (Lipinski definition) is 1. The maximum atomic E-state index is 12.5. The second kappa shape index (κ2) is 6.65. The maximum absolute atomic E-state index is 12.5. The Morgan fingerprint density at radius 2 is 1.68 bits per heavy atom. The van der Waals surface area contributed by atoms with Crippen molar-refractivity contribution in [1.82, 2.24) is 0 Å². The van der Waals surface area contributed by atoms with Crippen LogP contribution in [0.2, 0.25) is 0 Å². The van der Waals surface area contributed by atoms with Gasteiger partial charge in [0.1, 0.15) is 5.75 Å². The van der Waals surface area contributed by atoms with E-state index in [1.54, 1.807) is 12.1 Å². The summed E-state index contributed by atoms with van der Waals surface area (Å²) in [6.07, 6.45) is 0.0832. The summed E-state index contributed by atoms with van der Waals surface area (Å²) in [7, 11) is 0. The topological polar surface area (TPSA) is 38.3 Å². The molecule has 2 aromatic rings. The molecule has 3 nitrogen and oxygen atoms in total. The van der Waals surface area contributed by atoms with Gasteiger partial charge in [-0.3, -0.25) is 4.79 Å². The van der Waals surface area contributed by atoms with E-state index in [2.05, 4.69) is 24.4 Å². The standard InChI is InChI=1S/C19H23NO2/c1-12(2)22-17-8-6-7-16(11-17)19(21)20-18-14(4)9-13(3)10-15(18)5/h6-12H,1-5H3,(H,20,21). The Kier molecular flexibility index (Phi) is 4.86. The fourth-order valence-electron chi connectivity index (χ4n) is 2.55. The fourth-order valence-corrected chi connectivity index (χ4v) is 2.55. The number of benzene rings is 2. The first-order chi connectivity index (χ1) is 10.4. The molecule has 1 N–H and O–H groups in total. The van der Waals surface area contributed by atoms with Gasteiger partial charge in [0.2, 0.25) is 0 Å². The summed E-state index contributed by atoms with van der Waals surface area (Å²) in [6, 6.07) is 11.4. The van der Waals surface area contributed by atoms with Crippen LogP contribution in [0.1, 0.15) is 40.9 Å². The molecule has 0 saturated carbocycles. The Morgan fingerprint density at radius 1 is 1.05 bits per heavy atom. The van der Waals surface area contributed by atoms with E-state index in [9.17, 15) is 4.79 Å². The van der Waals surface area contributed by atoms with E-state index >= 15 is 0 Å². The summed E-state index contributed by atoms with van der Waals surface area (Å²) in [5.74, 6) is 0.587. The third-order valence-corrected chi connectivity index (χ3v) is 3.38. The zero-order valence-corrected chi connectivity index (χ0v) is 13.9. The first-order valence-corrected chi connectivity index (χ1v) is 7.52. The number of aryl methyl sites for hydroxylation is 3. The zero-order chi connectivity index (χ0) is 16.3. The molecule has 0 bridgehead atoms. The molecule has 0 aliphatic carbocycles. The zero-order valence-electron chi connectivity index (χ0n) is 13.9. The lowest BCUT2D eigenvalue weighted by molar-refractivity contribution is 0.102. The van der Waals surface area contributed by atoms with Crippen LogP contribution in [-0.2, 0) is 0 Å². The van der Waals surface area contributed by atoms with Crippen LogP contribution in [0.5, 0.6) is 5.75 Å². The van der Waals surface area contributed by atoms with Crippen LogP contribution in [0, 0.1) is 20.8 Å². The molecule has 0 heterocycles. The van der Waals surface area contributed by atoms with Crippen LogP contribution in [0.25, 0.3) is 0 Å². The van der Waals surface area contributed by atoms with Gasteiger partial charge in [-0.2, -0.15) is 0 Å². The number of anilines is 1. The molecular weight excluding hydrogens is 274 g/mol. The molecule has 0 radical (unpaired) electrons. The van der Waals surface area contributed by atoms with Crippen LogP contribution in [-0.4, -0.2) is 12.0 Å². The highest BCUT2D eigenvalue weighted by Crippen LogP contribution is 2.23. The smallest absolute Gasteiger partial charge is 0.255 e. The minimum Gasteiger partial charge on any atom is -0.491 e. The van der Waals surface area contributed by atoms with E-state index in [1.807, 2.05) is 39.8 Å². The molecule has 0 atom stereocenters. The Balaban J connectivity index is 2.23. The Morgan fingerprint density at radius 3 is 2.27 bits per heavy atom. The van der Waals surface area contributed by atoms with Crippen LogP contribution in [0.4, 0.5) is 5.69 Å². The summed E-state index contributed by atoms with van der Waals surface area (Å²) < 4.78 is 5.64. The van der Waals surface area contributed by atoms with Crippen molar-refractivity contribution >= 4 is 11.6 Å². The number of hydrogen-bond acceptors (Lipinski definition) is 2. The lowest BCUT2D eigenvalue weighted by Gasteiger charge is -2.14. The number of carbonyl (C=O) groups excluding carboxylic acids is 1. The van der Waals surface area contributed by atoms with Crippen molar-refractivity contribution in [3.63, 3.8) is 0 Å². The average molecular weight is 297 g/mol. The van der Waals surface area contributed by atoms with E-state index in [0.29, 0.717) is 11.3 Å². The number of ether oxygens (including phenoxy) is 1. The van der Waals surface area contributed by atoms with Crippen LogP contribution < -0.4 is 10.1 Å². The SMILES string of the molecule is Cc1cc(C)c(NC(=O)c2cccc(OC(C)C)c2)c(C)c1. The second-order valence-electron chi connectivity index (χ2n) is 5.92. The Labute approximate surface area is 132 Å². The first kappa shape index (κ1) is 16.1. The largest absolute Gasteiger partial charge is 0.491 e. The molecule has 0 saturated heterocycles. The van der Waals surface area contributed by atoms with Gasteiger partial charge in [0, 0.05) is 11.3 Å². The molecule has 22 heavy (non-hydrogen) atoms. The first-order valence-electron chi connectivity index (χ1n) is 7.52. The van der Waals surface area contributed by atoms with Crippen molar-refractivity contribution in [3.05, 3.63) is 58.7 Å². The lowest BCUT2D eigenvalue weighted by atomic mass is 10.0. The maximum Gasteiger partial charge on any atom is 0.255 e. The highest BCUT2D eigenvalue weighted by molar-refractivity contribution is 6.05. The highest BCUT2D eigenvalue weighted by Gasteiger charge is 2.11. The van der Waals surface area contributed by atoms with E-state index in [1.165, 1.54) is 5.56 Å². The Hall–Kier alpha value is -2.29. The van der Waals surface area contributed by atoms with Gasteiger partial charge in [0.05, 0.1) is 6.10 Å². The van der Waals surface area contributed by atoms with Gasteiger partial charge >= 0.3 is 0 Å². The molecule has 0 aromatic heterocycles. The molecule has 3 heteroatoms. The minimum absolute atomic E-state index is 0.0832. The van der Waals surface area contributed by atoms with Gasteiger partial charge in [0.25, 0.3) is 5.91 Å². The van der Waals surface area contributed by atoms with E-state index < -0.39 is 0 Å². The molecule has 0 aliphatic rings. The third-order valence-electron chi connectivity index (χ3n) is 3.38. The minimum atomic E-state index is -0.121. The van der Waals surface area contributed by atoms with Crippen LogP contribution in [0.3, 0.4) is 0 Å². The molecule has 0 unspecified atom stereocenters. The molecule has 1 amide bonds. The quantitative estimate of drug-likeness (QED) is 0.892. The molecule has 0 fully saturated rings. The summed E-state index contributed by atoms with van der Waals surface area (Å²) in [4.78, 5) is 12.5. The van der Waals surface area contributed by atoms with Crippen molar-refractivity contribution < 1.29 is 9.53 Å². The number of rotatable bonds is 4. The molecule has 116 valence electrons. The van der Waals surface area contributed by atoms with Gasteiger partial charge in [-0.15, -0.1) is 0 Å². The van der Waals surface area contributed by atoms with Gasteiger partial charge in [-0.25, -0.2) is 0 Å². The second-order valence-corrected chi connectivity index (χ2v) is 5.92. The van der Waals surface area contributed by atoms with Gasteiger partial charge in [0.15, 0.2) is 0 Å². The summed E-state index contributed by atoms with van der Waals surface area (Å²) in [5, 5.41) is 3.01. The predicted octanol–water partition coefficient (Wildman–Crippen LogP) is 4.65. The molecular formula is C19H23NO2. The highest BCUT2D eigenvalue weighted by atomic mass is 16.5. The normalized spacial score (nSPS) is 10.6. The van der Waals surface area contributed by atoms with Crippen molar-refractivity contribution in [2.45, 2.75) is 40.7 Å². The predicted molar refractivity (Wildman–Crippen MR) is 90.8 cm³/mol. The van der Waals surface area contributed by atoms with E-state index in [0.717, 1.165) is 16.8 Å². The third kappa shape index (κ3) is 3.88. The van der Waals surface area contributed by atoms with E-state index in [4.69, 9.17) is 4.74 Å². The van der Waals surface area contributed by atoms with Gasteiger partial charge in [-0.1, -0.05) is 23.8 Å². The number of carbonyl (C=O) groups is 1. The molecule has 2 rings (SSSR count). The fraction of sp³-hybridized carbons (Fsp3) is 0.316. The van der Waals surface area contributed by atoms with Crippen LogP contribution >= 0.6 is 0 Å². The summed E-state index contributed by atoms with van der Waals surface area (Å²) in [5.41, 5.74) is 4.81. The average Bonchev–Trinajstić information content (AvgIpc) is 2.42. The van der Waals surface area contributed by atoms with Crippen molar-refractivity contribution in [1.29, 1.82) is 0 Å². The molecule has 0 spiro atoms. The molecule has 0 aliphatic heterocycles. The van der Waals surface area contributed by atoms with Gasteiger partial charge in [-0.05, 0) is 63.9 Å². The van der Waals surface area contributed by atoms with E-state index in [-0.39, 0.29) is 12.0 Å². The van der Waals surface area contributed by atoms with Gasteiger partial charge < -0.3 is 10.1 Å². The van der Waals surface area contributed by atoms with Crippen LogP contribution in [0.15, 0.2) is 36.4 Å².